The maximum atomic E-state index is 11.4. The minimum atomic E-state index is -0.00870. The van der Waals surface area contributed by atoms with Gasteiger partial charge < -0.3 is 9.79 Å². The molecule has 0 bridgehead atoms. The molecule has 2 nitrogen and oxygen atoms in total. The van der Waals surface area contributed by atoms with E-state index in [1.54, 1.807) is 12.1 Å². The van der Waals surface area contributed by atoms with Gasteiger partial charge in [-0.15, -0.1) is 0 Å². The number of allylic oxidation sites excluding steroid dienone is 1. The maximum Gasteiger partial charge on any atom is 0.111 e. The first-order valence-electron chi connectivity index (χ1n) is 3.64. The Morgan fingerprint density at radius 1 is 1.25 bits per heavy atom. The Bertz CT molecular complexity index is 363. The molecule has 0 saturated carbocycles. The lowest BCUT2D eigenvalue weighted by molar-refractivity contribution is 0.104. The molecule has 0 saturated heterocycles. The maximum absolute atomic E-state index is 11.4. The minimum absolute atomic E-state index is 0.00870. The van der Waals surface area contributed by atoms with Crippen LogP contribution in [0.4, 0.5) is 0 Å². The summed E-state index contributed by atoms with van der Waals surface area (Å²) in [7, 11) is 0. The number of nitrogens with zero attached hydrogens (tertiary/aromatic N) is 1. The smallest absolute Gasteiger partial charge is 0.111 e. The second kappa shape index (κ2) is 2.74. The van der Waals surface area contributed by atoms with Crippen LogP contribution in [-0.4, -0.2) is 12.0 Å². The summed E-state index contributed by atoms with van der Waals surface area (Å²) in [6.45, 7) is 0. The van der Waals surface area contributed by atoms with Crippen LogP contribution in [0.1, 0.15) is 10.4 Å². The molecule has 0 N–H and O–H groups in total. The van der Waals surface area contributed by atoms with Gasteiger partial charge in [-0.25, -0.2) is 0 Å². The molecule has 1 aliphatic rings. The number of rotatable bonds is 2. The Morgan fingerprint density at radius 3 is 2.42 bits per heavy atom. The van der Waals surface area contributed by atoms with Gasteiger partial charge in [-0.2, -0.15) is 0 Å². The van der Waals surface area contributed by atoms with Gasteiger partial charge in [0, 0.05) is 0 Å². The van der Waals surface area contributed by atoms with Crippen LogP contribution < -0.4 is 0 Å². The number of benzene rings is 1. The van der Waals surface area contributed by atoms with E-state index in [9.17, 15) is 4.79 Å². The highest BCUT2D eigenvalue weighted by molar-refractivity contribution is 6.23. The minimum Gasteiger partial charge on any atom is -0.360 e. The number of Topliss-reactive ketones (excluding diaryl/α,β-unsaturated/α-hetero) is 1. The quantitative estimate of drug-likeness (QED) is 0.473. The van der Waals surface area contributed by atoms with Crippen molar-refractivity contribution in [2.24, 2.45) is 4.99 Å². The Hall–Kier alpha value is -1.70. The van der Waals surface area contributed by atoms with Crippen LogP contribution in [0.5, 0.6) is 0 Å². The fourth-order valence-electron chi connectivity index (χ4n) is 0.984. The van der Waals surface area contributed by atoms with Crippen molar-refractivity contribution >= 4 is 12.0 Å². The molecule has 0 aromatic heterocycles. The van der Waals surface area contributed by atoms with Crippen LogP contribution in [0.3, 0.4) is 0 Å². The number of hydrogen-bond donors (Lipinski definition) is 0. The third-order valence-corrected chi connectivity index (χ3v) is 1.66. The number of carbonyl (C=O) groups excluding carboxylic acids is 1. The highest BCUT2D eigenvalue weighted by atomic mass is 16.1. The lowest BCUT2D eigenvalue weighted by atomic mass is 10.0. The Balaban J connectivity index is 2.26. The average molecular weight is 156 g/mol. The molecule has 0 spiro atoms. The summed E-state index contributed by atoms with van der Waals surface area (Å²) in [4.78, 5) is 15.0. The molecule has 0 unspecified atom stereocenters. The first-order chi connectivity index (χ1) is 5.88. The summed E-state index contributed by atoms with van der Waals surface area (Å²) in [5.74, 6) is -0.00870. The Labute approximate surface area is 70.3 Å². The van der Waals surface area contributed by atoms with Gasteiger partial charge in [0.2, 0.25) is 0 Å². The second-order valence-electron chi connectivity index (χ2n) is 2.48. The molecule has 1 aromatic rings. The summed E-state index contributed by atoms with van der Waals surface area (Å²) in [6.07, 6.45) is 4.10. The monoisotopic (exact) mass is 156 g/mol. The highest BCUT2D eigenvalue weighted by Gasteiger charge is 2.04. The number of carbonyl (C=O) groups is 1. The lowest BCUT2D eigenvalue weighted by Crippen LogP contribution is -2.07. The number of ketones is 1. The van der Waals surface area contributed by atoms with E-state index in [0.29, 0.717) is 11.1 Å². The third-order valence-electron chi connectivity index (χ3n) is 1.66. The summed E-state index contributed by atoms with van der Waals surface area (Å²) >= 11 is 0. The van der Waals surface area contributed by atoms with Gasteiger partial charge in [0.15, 0.2) is 0 Å². The van der Waals surface area contributed by atoms with Gasteiger partial charge in [0.1, 0.15) is 5.78 Å². The van der Waals surface area contributed by atoms with E-state index in [0.717, 1.165) is 0 Å². The standard InChI is InChI=1S/C10H6NO/c12-10(9-6-11-7-9)8-4-2-1-3-5-8/h1-6H/q-1. The van der Waals surface area contributed by atoms with Gasteiger partial charge in [-0.05, 0) is 11.8 Å². The fourth-order valence-corrected chi connectivity index (χ4v) is 0.984. The largest absolute Gasteiger partial charge is 0.360 e. The first kappa shape index (κ1) is 6.98. The van der Waals surface area contributed by atoms with E-state index in [2.05, 4.69) is 11.2 Å². The number of hydrogen-bond acceptors (Lipinski definition) is 2. The molecule has 2 rings (SSSR count). The van der Waals surface area contributed by atoms with Gasteiger partial charge in [0.25, 0.3) is 0 Å². The average Bonchev–Trinajstić information content (AvgIpc) is 2.03. The molecule has 0 atom stereocenters. The summed E-state index contributed by atoms with van der Waals surface area (Å²) in [5.41, 5.74) is 1.24. The highest BCUT2D eigenvalue weighted by Crippen LogP contribution is 2.10. The van der Waals surface area contributed by atoms with Crippen LogP contribution in [0.2, 0.25) is 0 Å². The van der Waals surface area contributed by atoms with Crippen molar-refractivity contribution in [3.05, 3.63) is 47.7 Å². The Kier molecular flexibility index (Phi) is 1.59. The first-order valence-corrected chi connectivity index (χ1v) is 3.64. The zero-order chi connectivity index (χ0) is 8.39. The fraction of sp³-hybridized carbons (Fsp3) is 0. The van der Waals surface area contributed by atoms with Crippen molar-refractivity contribution in [3.8, 4) is 0 Å². The zero-order valence-electron chi connectivity index (χ0n) is 6.32. The van der Waals surface area contributed by atoms with Crippen LogP contribution in [0, 0.1) is 0 Å². The molecule has 12 heavy (non-hydrogen) atoms. The van der Waals surface area contributed by atoms with Crippen molar-refractivity contribution in [2.45, 2.75) is 0 Å². The van der Waals surface area contributed by atoms with Crippen molar-refractivity contribution in [3.63, 3.8) is 0 Å². The predicted octanol–water partition coefficient (Wildman–Crippen LogP) is 1.71. The molecular formula is C10H6NO-. The van der Waals surface area contributed by atoms with E-state index in [1.165, 1.54) is 6.20 Å². The molecular weight excluding hydrogens is 150 g/mol. The van der Waals surface area contributed by atoms with Gasteiger partial charge in [-0.1, -0.05) is 42.1 Å². The van der Waals surface area contributed by atoms with E-state index < -0.39 is 0 Å². The third kappa shape index (κ3) is 1.07. The molecule has 0 aliphatic carbocycles. The molecule has 1 aromatic carbocycles. The van der Waals surface area contributed by atoms with E-state index in [-0.39, 0.29) is 5.78 Å². The molecule has 58 valence electrons. The van der Waals surface area contributed by atoms with Gasteiger partial charge >= 0.3 is 0 Å². The van der Waals surface area contributed by atoms with Gasteiger partial charge in [-0.3, -0.25) is 0 Å². The van der Waals surface area contributed by atoms with Gasteiger partial charge in [0.05, 0.1) is 0 Å². The topological polar surface area (TPSA) is 29.4 Å². The van der Waals surface area contributed by atoms with Crippen LogP contribution in [0.25, 0.3) is 0 Å². The van der Waals surface area contributed by atoms with Crippen molar-refractivity contribution in [1.82, 2.24) is 0 Å². The van der Waals surface area contributed by atoms with Crippen molar-refractivity contribution in [1.29, 1.82) is 0 Å². The van der Waals surface area contributed by atoms with Crippen molar-refractivity contribution < 1.29 is 4.79 Å². The number of aliphatic imine (C=N–C) groups is 1. The Morgan fingerprint density at radius 2 is 1.92 bits per heavy atom. The molecule has 0 radical (unpaired) electrons. The second-order valence-corrected chi connectivity index (χ2v) is 2.48. The molecule has 1 aliphatic heterocycles. The van der Waals surface area contributed by atoms with Crippen molar-refractivity contribution in [2.75, 3.05) is 0 Å². The lowest BCUT2D eigenvalue weighted by Gasteiger charge is -2.11. The zero-order valence-corrected chi connectivity index (χ0v) is 6.32. The normalized spacial score (nSPS) is 13.5. The SMILES string of the molecule is O=C(C1=CN=[C-]1)c1ccccc1. The van der Waals surface area contributed by atoms with E-state index >= 15 is 0 Å². The summed E-state index contributed by atoms with van der Waals surface area (Å²) in [5, 5.41) is 0. The van der Waals surface area contributed by atoms with Crippen LogP contribution in [-0.2, 0) is 0 Å². The predicted molar refractivity (Wildman–Crippen MR) is 46.3 cm³/mol. The van der Waals surface area contributed by atoms with E-state index in [1.807, 2.05) is 18.2 Å². The van der Waals surface area contributed by atoms with Crippen LogP contribution in [0.15, 0.2) is 47.1 Å². The van der Waals surface area contributed by atoms with E-state index in [4.69, 9.17) is 0 Å². The van der Waals surface area contributed by atoms with Crippen LogP contribution >= 0.6 is 0 Å². The summed E-state index contributed by atoms with van der Waals surface area (Å²) in [6, 6.07) is 9.11. The molecule has 0 amide bonds. The molecule has 2 heteroatoms. The molecule has 0 fully saturated rings. The summed E-state index contributed by atoms with van der Waals surface area (Å²) < 4.78 is 0. The molecule has 1 heterocycles.